The maximum absolute atomic E-state index is 5.81. The molecule has 3 aromatic rings. The van der Waals surface area contributed by atoms with Crippen LogP contribution in [0.25, 0.3) is 5.65 Å². The number of hydrazine groups is 1. The van der Waals surface area contributed by atoms with Gasteiger partial charge in [-0.2, -0.15) is 4.98 Å². The summed E-state index contributed by atoms with van der Waals surface area (Å²) in [6.07, 6.45) is 5.19. The second kappa shape index (κ2) is 5.68. The van der Waals surface area contributed by atoms with Gasteiger partial charge in [0.1, 0.15) is 11.5 Å². The van der Waals surface area contributed by atoms with E-state index in [9.17, 15) is 0 Å². The van der Waals surface area contributed by atoms with E-state index in [4.69, 9.17) is 15.3 Å². The molecule has 0 unspecified atom stereocenters. The molecule has 0 aliphatic carbocycles. The smallest absolute Gasteiger partial charge is 0.265 e. The number of benzene rings is 1. The van der Waals surface area contributed by atoms with Gasteiger partial charge in [0, 0.05) is 18.5 Å². The van der Waals surface area contributed by atoms with Gasteiger partial charge in [-0.3, -0.25) is 4.40 Å². The minimum Gasteiger partial charge on any atom is -0.494 e. The van der Waals surface area contributed by atoms with E-state index >= 15 is 0 Å². The lowest BCUT2D eigenvalue weighted by atomic mass is 10.3. The van der Waals surface area contributed by atoms with Crippen molar-refractivity contribution in [1.82, 2.24) is 14.4 Å². The first-order valence-electron chi connectivity index (χ1n) is 6.51. The average molecular weight is 285 g/mol. The molecule has 3 N–H and O–H groups in total. The Labute approximate surface area is 121 Å². The molecule has 0 aliphatic rings. The van der Waals surface area contributed by atoms with E-state index in [2.05, 4.69) is 15.4 Å². The lowest BCUT2D eigenvalue weighted by Crippen LogP contribution is -2.10. The van der Waals surface area contributed by atoms with Gasteiger partial charge in [0.05, 0.1) is 12.8 Å². The van der Waals surface area contributed by atoms with Crippen molar-refractivity contribution in [2.45, 2.75) is 6.92 Å². The fourth-order valence-electron chi connectivity index (χ4n) is 1.95. The Morgan fingerprint density at radius 1 is 1.33 bits per heavy atom. The third-order valence-electron chi connectivity index (χ3n) is 2.82. The van der Waals surface area contributed by atoms with Crippen molar-refractivity contribution >= 4 is 11.5 Å². The molecule has 0 spiro atoms. The quantitative estimate of drug-likeness (QED) is 0.552. The Morgan fingerprint density at radius 3 is 3.00 bits per heavy atom. The first-order valence-corrected chi connectivity index (χ1v) is 6.51. The van der Waals surface area contributed by atoms with E-state index in [-0.39, 0.29) is 0 Å². The predicted octanol–water partition coefficient (Wildman–Crippen LogP) is 2.21. The molecule has 3 rings (SSSR count). The van der Waals surface area contributed by atoms with Gasteiger partial charge in [0.25, 0.3) is 5.88 Å². The monoisotopic (exact) mass is 285 g/mol. The van der Waals surface area contributed by atoms with Gasteiger partial charge in [-0.1, -0.05) is 6.07 Å². The Hall–Kier alpha value is -2.80. The summed E-state index contributed by atoms with van der Waals surface area (Å²) in [5.74, 6) is 7.62. The first kappa shape index (κ1) is 13.2. The van der Waals surface area contributed by atoms with Crippen molar-refractivity contribution in [2.24, 2.45) is 5.84 Å². The van der Waals surface area contributed by atoms with Crippen LogP contribution in [0, 0.1) is 0 Å². The van der Waals surface area contributed by atoms with Crippen LogP contribution in [0.5, 0.6) is 17.4 Å². The summed E-state index contributed by atoms with van der Waals surface area (Å²) >= 11 is 0. The fourth-order valence-corrected chi connectivity index (χ4v) is 1.95. The highest BCUT2D eigenvalue weighted by molar-refractivity contribution is 5.55. The summed E-state index contributed by atoms with van der Waals surface area (Å²) in [4.78, 5) is 8.50. The number of hydrogen-bond donors (Lipinski definition) is 2. The van der Waals surface area contributed by atoms with Crippen LogP contribution in [0.1, 0.15) is 6.92 Å². The number of anilines is 1. The van der Waals surface area contributed by atoms with E-state index in [1.807, 2.05) is 25.1 Å². The van der Waals surface area contributed by atoms with E-state index in [0.29, 0.717) is 29.7 Å². The summed E-state index contributed by atoms with van der Waals surface area (Å²) in [6, 6.07) is 7.35. The van der Waals surface area contributed by atoms with Crippen LogP contribution in [0.4, 0.5) is 5.82 Å². The van der Waals surface area contributed by atoms with E-state index in [0.717, 1.165) is 5.75 Å². The minimum atomic E-state index is 0.365. The number of fused-ring (bicyclic) bond motifs is 1. The van der Waals surface area contributed by atoms with Crippen LogP contribution < -0.4 is 20.7 Å². The molecule has 7 nitrogen and oxygen atoms in total. The summed E-state index contributed by atoms with van der Waals surface area (Å²) in [5.41, 5.74) is 3.11. The van der Waals surface area contributed by atoms with Crippen LogP contribution in [0.15, 0.2) is 42.9 Å². The Kier molecular flexibility index (Phi) is 3.57. The topological polar surface area (TPSA) is 86.7 Å². The fraction of sp³-hybridized carbons (Fsp3) is 0.143. The normalized spacial score (nSPS) is 10.6. The van der Waals surface area contributed by atoms with Crippen molar-refractivity contribution in [3.63, 3.8) is 0 Å². The third-order valence-corrected chi connectivity index (χ3v) is 2.82. The summed E-state index contributed by atoms with van der Waals surface area (Å²) in [6.45, 7) is 2.53. The van der Waals surface area contributed by atoms with E-state index in [1.165, 1.54) is 0 Å². The highest BCUT2D eigenvalue weighted by Gasteiger charge is 2.10. The highest BCUT2D eigenvalue weighted by Crippen LogP contribution is 2.27. The molecule has 0 radical (unpaired) electrons. The Balaban J connectivity index is 1.97. The van der Waals surface area contributed by atoms with E-state index < -0.39 is 0 Å². The molecule has 0 aliphatic heterocycles. The van der Waals surface area contributed by atoms with Gasteiger partial charge in [0.15, 0.2) is 5.82 Å². The average Bonchev–Trinajstić information content (AvgIpc) is 2.96. The summed E-state index contributed by atoms with van der Waals surface area (Å²) < 4.78 is 13.0. The maximum Gasteiger partial charge on any atom is 0.265 e. The molecule has 0 saturated heterocycles. The standard InChI is InChI=1S/C14H15N5O2/c1-2-20-10-4-3-5-11(8-10)21-14-13-16-6-7-19(13)9-12(17-14)18-15/h3-9,18H,2,15H2,1H3. The van der Waals surface area contributed by atoms with Crippen molar-refractivity contribution in [1.29, 1.82) is 0 Å². The molecule has 21 heavy (non-hydrogen) atoms. The number of imidazole rings is 1. The van der Waals surface area contributed by atoms with Crippen molar-refractivity contribution in [3.8, 4) is 17.4 Å². The SMILES string of the molecule is CCOc1cccc(Oc2nc(NN)cn3ccnc23)c1. The van der Waals surface area contributed by atoms with Crippen LogP contribution in [-0.4, -0.2) is 21.0 Å². The van der Waals surface area contributed by atoms with Crippen molar-refractivity contribution in [3.05, 3.63) is 42.9 Å². The molecule has 0 saturated carbocycles. The largest absolute Gasteiger partial charge is 0.494 e. The number of nitrogens with one attached hydrogen (secondary N) is 1. The lowest BCUT2D eigenvalue weighted by Gasteiger charge is -2.09. The van der Waals surface area contributed by atoms with Gasteiger partial charge < -0.3 is 14.9 Å². The molecule has 2 heterocycles. The molecule has 108 valence electrons. The summed E-state index contributed by atoms with van der Waals surface area (Å²) in [7, 11) is 0. The first-order chi connectivity index (χ1) is 10.3. The van der Waals surface area contributed by atoms with Gasteiger partial charge in [0.2, 0.25) is 5.65 Å². The minimum absolute atomic E-state index is 0.365. The molecular formula is C14H15N5O2. The second-order valence-electron chi connectivity index (χ2n) is 4.24. The van der Waals surface area contributed by atoms with Crippen LogP contribution in [0.3, 0.4) is 0 Å². The third kappa shape index (κ3) is 2.72. The number of rotatable bonds is 5. The molecule has 7 heteroatoms. The van der Waals surface area contributed by atoms with Gasteiger partial charge in [-0.25, -0.2) is 10.8 Å². The molecule has 0 bridgehead atoms. The highest BCUT2D eigenvalue weighted by atomic mass is 16.5. The molecule has 0 fully saturated rings. The molecule has 0 amide bonds. The molecule has 1 aromatic carbocycles. The van der Waals surface area contributed by atoms with Gasteiger partial charge in [-0.05, 0) is 19.1 Å². The van der Waals surface area contributed by atoms with Crippen LogP contribution in [-0.2, 0) is 0 Å². The molecular weight excluding hydrogens is 270 g/mol. The second-order valence-corrected chi connectivity index (χ2v) is 4.24. The zero-order valence-corrected chi connectivity index (χ0v) is 11.5. The Bertz CT molecular complexity index is 756. The van der Waals surface area contributed by atoms with Crippen molar-refractivity contribution < 1.29 is 9.47 Å². The van der Waals surface area contributed by atoms with Gasteiger partial charge >= 0.3 is 0 Å². The maximum atomic E-state index is 5.81. The number of nitrogens with zero attached hydrogens (tertiary/aromatic N) is 3. The number of ether oxygens (including phenoxy) is 2. The number of hydrogen-bond acceptors (Lipinski definition) is 6. The lowest BCUT2D eigenvalue weighted by molar-refractivity contribution is 0.338. The van der Waals surface area contributed by atoms with E-state index in [1.54, 1.807) is 29.1 Å². The van der Waals surface area contributed by atoms with Crippen LogP contribution >= 0.6 is 0 Å². The molecule has 2 aromatic heterocycles. The zero-order chi connectivity index (χ0) is 14.7. The molecule has 0 atom stereocenters. The zero-order valence-electron chi connectivity index (χ0n) is 11.5. The predicted molar refractivity (Wildman–Crippen MR) is 78.5 cm³/mol. The van der Waals surface area contributed by atoms with Crippen LogP contribution in [0.2, 0.25) is 0 Å². The number of nitrogens with two attached hydrogens (primary N) is 1. The van der Waals surface area contributed by atoms with Crippen molar-refractivity contribution in [2.75, 3.05) is 12.0 Å². The number of nitrogen functional groups attached to an aromatic ring is 1. The Morgan fingerprint density at radius 2 is 2.19 bits per heavy atom. The summed E-state index contributed by atoms with van der Waals surface area (Å²) in [5, 5.41) is 0. The van der Waals surface area contributed by atoms with Gasteiger partial charge in [-0.15, -0.1) is 0 Å². The number of aromatic nitrogens is 3.